The van der Waals surface area contributed by atoms with Crippen LogP contribution < -0.4 is 10.3 Å². The van der Waals surface area contributed by atoms with Crippen LogP contribution in [0.15, 0.2) is 15.7 Å². The summed E-state index contributed by atoms with van der Waals surface area (Å²) in [6, 6.07) is 0. The fraction of sp³-hybridized carbons (Fsp3) is 0.200. The molecule has 54 valence electrons. The Kier molecular flexibility index (Phi) is 2.06. The van der Waals surface area contributed by atoms with Crippen molar-refractivity contribution in [2.45, 2.75) is 0 Å². The minimum absolute atomic E-state index is 0.197. The second-order valence-electron chi connectivity index (χ2n) is 1.56. The molecule has 0 aliphatic carbocycles. The first kappa shape index (κ1) is 7.27. The highest BCUT2D eigenvalue weighted by molar-refractivity contribution is 9.10. The lowest BCUT2D eigenvalue weighted by atomic mass is 10.6. The van der Waals surface area contributed by atoms with Crippen LogP contribution >= 0.6 is 15.9 Å². The van der Waals surface area contributed by atoms with Gasteiger partial charge in [0.15, 0.2) is 4.60 Å². The van der Waals surface area contributed by atoms with Crippen molar-refractivity contribution in [3.05, 3.63) is 21.3 Å². The quantitative estimate of drug-likeness (QED) is 0.680. The molecule has 1 rings (SSSR count). The highest BCUT2D eigenvalue weighted by atomic mass is 79.9. The molecule has 0 saturated heterocycles. The number of hydrogen-bond acceptors (Lipinski definition) is 3. The second-order valence-corrected chi connectivity index (χ2v) is 2.31. The zero-order chi connectivity index (χ0) is 7.56. The molecule has 1 aromatic rings. The monoisotopic (exact) mass is 204 g/mol. The van der Waals surface area contributed by atoms with Crippen molar-refractivity contribution in [1.29, 1.82) is 0 Å². The SMILES string of the molecule is COc1c(Br)nc[nH]c1=O. The Bertz CT molecular complexity index is 283. The minimum atomic E-state index is -0.288. The van der Waals surface area contributed by atoms with Crippen LogP contribution in [-0.4, -0.2) is 17.1 Å². The Hall–Kier alpha value is -0.840. The number of aromatic nitrogens is 2. The van der Waals surface area contributed by atoms with E-state index in [0.717, 1.165) is 0 Å². The number of nitrogens with one attached hydrogen (secondary N) is 1. The number of nitrogens with zero attached hydrogens (tertiary/aromatic N) is 1. The van der Waals surface area contributed by atoms with E-state index in [0.29, 0.717) is 4.60 Å². The highest BCUT2D eigenvalue weighted by Gasteiger charge is 2.03. The van der Waals surface area contributed by atoms with Crippen molar-refractivity contribution in [1.82, 2.24) is 9.97 Å². The average molecular weight is 205 g/mol. The molecule has 0 atom stereocenters. The molecule has 0 aliphatic heterocycles. The first-order chi connectivity index (χ1) is 4.75. The number of ether oxygens (including phenoxy) is 1. The summed E-state index contributed by atoms with van der Waals surface area (Å²) in [6.45, 7) is 0. The molecule has 0 saturated carbocycles. The summed E-state index contributed by atoms with van der Waals surface area (Å²) >= 11 is 3.05. The van der Waals surface area contributed by atoms with Crippen molar-refractivity contribution >= 4 is 15.9 Å². The molecule has 0 radical (unpaired) electrons. The molecule has 0 amide bonds. The fourth-order valence-electron chi connectivity index (χ4n) is 0.542. The molecule has 0 bridgehead atoms. The topological polar surface area (TPSA) is 55.0 Å². The molecule has 10 heavy (non-hydrogen) atoms. The standard InChI is InChI=1S/C5H5BrN2O2/c1-10-3-4(6)7-2-8-5(3)9/h2H,1H3,(H,7,8,9). The summed E-state index contributed by atoms with van der Waals surface area (Å²) in [5.41, 5.74) is -0.288. The molecule has 0 unspecified atom stereocenters. The van der Waals surface area contributed by atoms with Crippen molar-refractivity contribution in [2.75, 3.05) is 7.11 Å². The van der Waals surface area contributed by atoms with E-state index in [1.165, 1.54) is 13.4 Å². The Morgan fingerprint density at radius 2 is 2.50 bits per heavy atom. The molecule has 1 N–H and O–H groups in total. The fourth-order valence-corrected chi connectivity index (χ4v) is 0.987. The van der Waals surface area contributed by atoms with Gasteiger partial charge in [-0.25, -0.2) is 4.98 Å². The van der Waals surface area contributed by atoms with Gasteiger partial charge in [0.2, 0.25) is 5.75 Å². The van der Waals surface area contributed by atoms with Gasteiger partial charge >= 0.3 is 0 Å². The van der Waals surface area contributed by atoms with E-state index >= 15 is 0 Å². The van der Waals surface area contributed by atoms with Crippen LogP contribution in [0.4, 0.5) is 0 Å². The number of hydrogen-bond donors (Lipinski definition) is 1. The second kappa shape index (κ2) is 2.83. The maximum absolute atomic E-state index is 10.8. The van der Waals surface area contributed by atoms with Gasteiger partial charge in [-0.15, -0.1) is 0 Å². The van der Waals surface area contributed by atoms with E-state index in [9.17, 15) is 4.79 Å². The van der Waals surface area contributed by atoms with E-state index in [-0.39, 0.29) is 11.3 Å². The van der Waals surface area contributed by atoms with Gasteiger partial charge in [0.1, 0.15) is 0 Å². The number of aromatic amines is 1. The minimum Gasteiger partial charge on any atom is -0.489 e. The van der Waals surface area contributed by atoms with Gasteiger partial charge in [-0.3, -0.25) is 4.79 Å². The molecule has 0 fully saturated rings. The Balaban J connectivity index is 3.31. The van der Waals surface area contributed by atoms with Crippen molar-refractivity contribution in [3.63, 3.8) is 0 Å². The molecule has 0 spiro atoms. The van der Waals surface area contributed by atoms with Gasteiger partial charge < -0.3 is 9.72 Å². The molecule has 5 heteroatoms. The molecular formula is C5H5BrN2O2. The summed E-state index contributed by atoms with van der Waals surface area (Å²) in [5, 5.41) is 0. The lowest BCUT2D eigenvalue weighted by Crippen LogP contribution is -2.09. The number of H-pyrrole nitrogens is 1. The van der Waals surface area contributed by atoms with E-state index in [1.54, 1.807) is 0 Å². The van der Waals surface area contributed by atoms with Crippen LogP contribution in [0, 0.1) is 0 Å². The van der Waals surface area contributed by atoms with Crippen LogP contribution in [0.3, 0.4) is 0 Å². The maximum Gasteiger partial charge on any atom is 0.294 e. The third-order valence-electron chi connectivity index (χ3n) is 0.971. The van der Waals surface area contributed by atoms with E-state index in [2.05, 4.69) is 25.9 Å². The Labute approximate surface area is 65.4 Å². The molecule has 4 nitrogen and oxygen atoms in total. The third-order valence-corrected chi connectivity index (χ3v) is 1.54. The van der Waals surface area contributed by atoms with Crippen molar-refractivity contribution in [3.8, 4) is 5.75 Å². The van der Waals surface area contributed by atoms with E-state index < -0.39 is 0 Å². The number of halogens is 1. The molecule has 0 aliphatic rings. The van der Waals surface area contributed by atoms with Crippen LogP contribution in [0.2, 0.25) is 0 Å². The maximum atomic E-state index is 10.8. The largest absolute Gasteiger partial charge is 0.489 e. The molecule has 1 heterocycles. The van der Waals surface area contributed by atoms with E-state index in [1.807, 2.05) is 0 Å². The summed E-state index contributed by atoms with van der Waals surface area (Å²) in [6.07, 6.45) is 1.30. The first-order valence-electron chi connectivity index (χ1n) is 2.53. The van der Waals surface area contributed by atoms with Gasteiger partial charge in [-0.05, 0) is 15.9 Å². The third kappa shape index (κ3) is 1.18. The predicted octanol–water partition coefficient (Wildman–Crippen LogP) is 0.541. The average Bonchev–Trinajstić information content (AvgIpc) is 1.88. The normalized spacial score (nSPS) is 9.40. The smallest absolute Gasteiger partial charge is 0.294 e. The lowest BCUT2D eigenvalue weighted by Gasteiger charge is -1.97. The Morgan fingerprint density at radius 3 is 2.90 bits per heavy atom. The van der Waals surface area contributed by atoms with Crippen LogP contribution in [0.25, 0.3) is 0 Å². The van der Waals surface area contributed by atoms with Gasteiger partial charge in [0.25, 0.3) is 5.56 Å². The zero-order valence-corrected chi connectivity index (χ0v) is 6.81. The van der Waals surface area contributed by atoms with Crippen LogP contribution in [-0.2, 0) is 0 Å². The van der Waals surface area contributed by atoms with Gasteiger partial charge in [-0.1, -0.05) is 0 Å². The van der Waals surface area contributed by atoms with Gasteiger partial charge in [0.05, 0.1) is 13.4 Å². The predicted molar refractivity (Wildman–Crippen MR) is 39.1 cm³/mol. The lowest BCUT2D eigenvalue weighted by molar-refractivity contribution is 0.402. The van der Waals surface area contributed by atoms with Crippen LogP contribution in [0.1, 0.15) is 0 Å². The summed E-state index contributed by atoms with van der Waals surface area (Å²) in [5.74, 6) is 0.197. The zero-order valence-electron chi connectivity index (χ0n) is 5.22. The van der Waals surface area contributed by atoms with Crippen molar-refractivity contribution in [2.24, 2.45) is 0 Å². The van der Waals surface area contributed by atoms with E-state index in [4.69, 9.17) is 4.74 Å². The highest BCUT2D eigenvalue weighted by Crippen LogP contribution is 2.14. The van der Waals surface area contributed by atoms with Crippen molar-refractivity contribution < 1.29 is 4.74 Å². The Morgan fingerprint density at radius 1 is 1.80 bits per heavy atom. The molecule has 1 aromatic heterocycles. The van der Waals surface area contributed by atoms with Crippen LogP contribution in [0.5, 0.6) is 5.75 Å². The molecule has 0 aromatic carbocycles. The number of rotatable bonds is 1. The summed E-state index contributed by atoms with van der Waals surface area (Å²) in [4.78, 5) is 16.9. The first-order valence-corrected chi connectivity index (χ1v) is 3.32. The summed E-state index contributed by atoms with van der Waals surface area (Å²) in [7, 11) is 1.41. The number of methoxy groups -OCH3 is 1. The summed E-state index contributed by atoms with van der Waals surface area (Å²) < 4.78 is 5.14. The van der Waals surface area contributed by atoms with Gasteiger partial charge in [0, 0.05) is 0 Å². The molecular weight excluding hydrogens is 200 g/mol. The van der Waals surface area contributed by atoms with Gasteiger partial charge in [-0.2, -0.15) is 0 Å².